The SMILES string of the molecule is COC(=O)C=Cc1cccc(C(=O)NN)c1. The summed E-state index contributed by atoms with van der Waals surface area (Å²) in [7, 11) is 1.30. The minimum absolute atomic E-state index is 0.381. The van der Waals surface area contributed by atoms with Crippen LogP contribution in [0.1, 0.15) is 15.9 Å². The molecule has 16 heavy (non-hydrogen) atoms. The van der Waals surface area contributed by atoms with Crippen molar-refractivity contribution >= 4 is 18.0 Å². The van der Waals surface area contributed by atoms with Crippen LogP contribution in [0.5, 0.6) is 0 Å². The van der Waals surface area contributed by atoms with Crippen molar-refractivity contribution in [2.24, 2.45) is 5.84 Å². The van der Waals surface area contributed by atoms with Gasteiger partial charge in [0.1, 0.15) is 0 Å². The van der Waals surface area contributed by atoms with Crippen molar-refractivity contribution < 1.29 is 14.3 Å². The Kier molecular flexibility index (Phi) is 4.23. The van der Waals surface area contributed by atoms with E-state index >= 15 is 0 Å². The summed E-state index contributed by atoms with van der Waals surface area (Å²) in [4.78, 5) is 22.1. The maximum atomic E-state index is 11.2. The summed E-state index contributed by atoms with van der Waals surface area (Å²) in [6.07, 6.45) is 2.83. The van der Waals surface area contributed by atoms with Crippen molar-refractivity contribution in [3.63, 3.8) is 0 Å². The van der Waals surface area contributed by atoms with Crippen molar-refractivity contribution in [2.75, 3.05) is 7.11 Å². The van der Waals surface area contributed by atoms with Crippen LogP contribution in [0.2, 0.25) is 0 Å². The quantitative estimate of drug-likeness (QED) is 0.255. The molecule has 5 nitrogen and oxygen atoms in total. The Morgan fingerprint density at radius 3 is 2.81 bits per heavy atom. The van der Waals surface area contributed by atoms with Crippen molar-refractivity contribution in [2.45, 2.75) is 0 Å². The van der Waals surface area contributed by atoms with Gasteiger partial charge in [-0.05, 0) is 23.8 Å². The van der Waals surface area contributed by atoms with Gasteiger partial charge < -0.3 is 4.74 Å². The summed E-state index contributed by atoms with van der Waals surface area (Å²) >= 11 is 0. The number of nitrogens with one attached hydrogen (secondary N) is 1. The second-order valence-electron chi connectivity index (χ2n) is 2.96. The van der Waals surface area contributed by atoms with Crippen LogP contribution in [-0.4, -0.2) is 19.0 Å². The first-order valence-corrected chi connectivity index (χ1v) is 4.54. The summed E-state index contributed by atoms with van der Waals surface area (Å²) in [5.74, 6) is 4.17. The van der Waals surface area contributed by atoms with Crippen molar-refractivity contribution in [1.82, 2.24) is 5.43 Å². The molecule has 0 spiro atoms. The molecule has 3 N–H and O–H groups in total. The predicted octanol–water partition coefficient (Wildman–Crippen LogP) is 0.476. The predicted molar refractivity (Wildman–Crippen MR) is 59.1 cm³/mol. The Labute approximate surface area is 92.9 Å². The third kappa shape index (κ3) is 3.21. The lowest BCUT2D eigenvalue weighted by atomic mass is 10.1. The Hall–Kier alpha value is -2.14. The van der Waals surface area contributed by atoms with Gasteiger partial charge in [-0.25, -0.2) is 10.6 Å². The largest absolute Gasteiger partial charge is 0.466 e. The lowest BCUT2D eigenvalue weighted by Crippen LogP contribution is -2.29. The van der Waals surface area contributed by atoms with Gasteiger partial charge in [-0.15, -0.1) is 0 Å². The van der Waals surface area contributed by atoms with Gasteiger partial charge in [0.2, 0.25) is 0 Å². The molecule has 1 aromatic carbocycles. The number of amides is 1. The van der Waals surface area contributed by atoms with E-state index in [4.69, 9.17) is 5.84 Å². The lowest BCUT2D eigenvalue weighted by molar-refractivity contribution is -0.134. The molecule has 0 saturated heterocycles. The fourth-order valence-electron chi connectivity index (χ4n) is 1.10. The Balaban J connectivity index is 2.86. The smallest absolute Gasteiger partial charge is 0.330 e. The average Bonchev–Trinajstić information content (AvgIpc) is 2.35. The molecule has 0 aliphatic heterocycles. The molecular weight excluding hydrogens is 208 g/mol. The fraction of sp³-hybridized carbons (Fsp3) is 0.0909. The van der Waals surface area contributed by atoms with E-state index < -0.39 is 5.97 Å². The third-order valence-electron chi connectivity index (χ3n) is 1.89. The molecule has 0 saturated carbocycles. The first-order valence-electron chi connectivity index (χ1n) is 4.54. The van der Waals surface area contributed by atoms with Crippen LogP contribution in [0.25, 0.3) is 6.08 Å². The number of methoxy groups -OCH3 is 1. The van der Waals surface area contributed by atoms with Crippen molar-refractivity contribution in [1.29, 1.82) is 0 Å². The van der Waals surface area contributed by atoms with Gasteiger partial charge in [-0.3, -0.25) is 10.2 Å². The molecule has 0 atom stereocenters. The van der Waals surface area contributed by atoms with Crippen LogP contribution in [0.3, 0.4) is 0 Å². The molecule has 0 aliphatic carbocycles. The minimum atomic E-state index is -0.450. The van der Waals surface area contributed by atoms with E-state index in [1.807, 2.05) is 5.43 Å². The van der Waals surface area contributed by atoms with E-state index in [-0.39, 0.29) is 5.91 Å². The second-order valence-corrected chi connectivity index (χ2v) is 2.96. The highest BCUT2D eigenvalue weighted by molar-refractivity contribution is 5.94. The van der Waals surface area contributed by atoms with E-state index in [1.165, 1.54) is 13.2 Å². The van der Waals surface area contributed by atoms with Crippen LogP contribution in [-0.2, 0) is 9.53 Å². The van der Waals surface area contributed by atoms with E-state index in [9.17, 15) is 9.59 Å². The molecule has 5 heteroatoms. The Morgan fingerprint density at radius 1 is 1.44 bits per heavy atom. The normalized spacial score (nSPS) is 10.1. The number of rotatable bonds is 3. The number of nitrogen functional groups attached to an aromatic ring is 1. The van der Waals surface area contributed by atoms with E-state index in [1.54, 1.807) is 30.3 Å². The number of hydrazine groups is 1. The zero-order valence-corrected chi connectivity index (χ0v) is 8.77. The van der Waals surface area contributed by atoms with Crippen molar-refractivity contribution in [3.8, 4) is 0 Å². The number of hydrogen-bond acceptors (Lipinski definition) is 4. The molecule has 1 amide bonds. The monoisotopic (exact) mass is 220 g/mol. The maximum Gasteiger partial charge on any atom is 0.330 e. The van der Waals surface area contributed by atoms with Gasteiger partial charge in [-0.2, -0.15) is 0 Å². The van der Waals surface area contributed by atoms with Crippen molar-refractivity contribution in [3.05, 3.63) is 41.5 Å². The minimum Gasteiger partial charge on any atom is -0.466 e. The summed E-state index contributed by atoms with van der Waals surface area (Å²) in [6.45, 7) is 0. The highest BCUT2D eigenvalue weighted by Gasteiger charge is 2.02. The summed E-state index contributed by atoms with van der Waals surface area (Å²) in [5, 5.41) is 0. The molecule has 0 heterocycles. The van der Waals surface area contributed by atoms with E-state index in [0.29, 0.717) is 11.1 Å². The van der Waals surface area contributed by atoms with E-state index in [2.05, 4.69) is 4.74 Å². The summed E-state index contributed by atoms with van der Waals surface area (Å²) in [6, 6.07) is 6.69. The average molecular weight is 220 g/mol. The number of benzene rings is 1. The summed E-state index contributed by atoms with van der Waals surface area (Å²) < 4.78 is 4.45. The molecule has 0 aliphatic rings. The van der Waals surface area contributed by atoms with Crippen LogP contribution < -0.4 is 11.3 Å². The molecule has 0 fully saturated rings. The van der Waals surface area contributed by atoms with Crippen LogP contribution in [0.4, 0.5) is 0 Å². The number of hydrogen-bond donors (Lipinski definition) is 2. The van der Waals surface area contributed by atoms with Gasteiger partial charge in [-0.1, -0.05) is 12.1 Å². The number of nitrogens with two attached hydrogens (primary N) is 1. The highest BCUT2D eigenvalue weighted by Crippen LogP contribution is 2.07. The van der Waals surface area contributed by atoms with Gasteiger partial charge in [0.15, 0.2) is 0 Å². The van der Waals surface area contributed by atoms with E-state index in [0.717, 1.165) is 0 Å². The first-order chi connectivity index (χ1) is 7.67. The molecular formula is C11H12N2O3. The Morgan fingerprint density at radius 2 is 2.19 bits per heavy atom. The third-order valence-corrected chi connectivity index (χ3v) is 1.89. The Bertz CT molecular complexity index is 427. The number of esters is 1. The first kappa shape index (κ1) is 11.9. The second kappa shape index (κ2) is 5.67. The lowest BCUT2D eigenvalue weighted by Gasteiger charge is -2.00. The number of ether oxygens (including phenoxy) is 1. The zero-order valence-electron chi connectivity index (χ0n) is 8.77. The fourth-order valence-corrected chi connectivity index (χ4v) is 1.10. The van der Waals surface area contributed by atoms with Gasteiger partial charge in [0, 0.05) is 11.6 Å². The van der Waals surface area contributed by atoms with Crippen LogP contribution >= 0.6 is 0 Å². The van der Waals surface area contributed by atoms with Gasteiger partial charge in [0.25, 0.3) is 5.91 Å². The molecule has 0 aromatic heterocycles. The summed E-state index contributed by atoms with van der Waals surface area (Å²) in [5.41, 5.74) is 3.17. The van der Waals surface area contributed by atoms with Crippen LogP contribution in [0, 0.1) is 0 Å². The molecule has 0 radical (unpaired) electrons. The topological polar surface area (TPSA) is 81.4 Å². The molecule has 84 valence electrons. The van der Waals surface area contributed by atoms with Gasteiger partial charge >= 0.3 is 5.97 Å². The standard InChI is InChI=1S/C11H12N2O3/c1-16-10(14)6-5-8-3-2-4-9(7-8)11(15)13-12/h2-7H,12H2,1H3,(H,13,15). The van der Waals surface area contributed by atoms with Crippen LogP contribution in [0.15, 0.2) is 30.3 Å². The number of carbonyl (C=O) groups is 2. The molecule has 1 rings (SSSR count). The maximum absolute atomic E-state index is 11.2. The van der Waals surface area contributed by atoms with Gasteiger partial charge in [0.05, 0.1) is 7.11 Å². The molecule has 0 unspecified atom stereocenters. The zero-order chi connectivity index (χ0) is 12.0. The highest BCUT2D eigenvalue weighted by atomic mass is 16.5. The molecule has 1 aromatic rings. The number of carbonyl (C=O) groups excluding carboxylic acids is 2. The molecule has 0 bridgehead atoms.